The van der Waals surface area contributed by atoms with Crippen LogP contribution in [0.4, 0.5) is 4.39 Å². The van der Waals surface area contributed by atoms with Gasteiger partial charge in [0.15, 0.2) is 0 Å². The molecule has 1 aromatic carbocycles. The van der Waals surface area contributed by atoms with Crippen molar-refractivity contribution in [3.8, 4) is 0 Å². The summed E-state index contributed by atoms with van der Waals surface area (Å²) in [7, 11) is 0. The van der Waals surface area contributed by atoms with Crippen molar-refractivity contribution in [1.29, 1.82) is 0 Å². The first-order valence-electron chi connectivity index (χ1n) is 8.99. The number of nitrogens with one attached hydrogen (secondary N) is 2. The Morgan fingerprint density at radius 2 is 2.17 bits per heavy atom. The summed E-state index contributed by atoms with van der Waals surface area (Å²) in [5.74, 6) is -0.281. The molecular weight excluding hydrogens is 395 g/mol. The topological polar surface area (TPSA) is 97.1 Å². The van der Waals surface area contributed by atoms with E-state index in [0.29, 0.717) is 35.6 Å². The Morgan fingerprint density at radius 1 is 1.31 bits per heavy atom. The van der Waals surface area contributed by atoms with Gasteiger partial charge in [0.05, 0.1) is 17.3 Å². The number of aromatic nitrogens is 5. The van der Waals surface area contributed by atoms with Gasteiger partial charge in [-0.2, -0.15) is 0 Å². The lowest BCUT2D eigenvalue weighted by molar-refractivity contribution is -0.120. The average Bonchev–Trinajstić information content (AvgIpc) is 3.09. The van der Waals surface area contributed by atoms with E-state index < -0.39 is 5.82 Å². The number of carbonyl (C=O) groups excluding carboxylic acids is 1. The molecule has 4 rings (SSSR count). The van der Waals surface area contributed by atoms with Crippen molar-refractivity contribution in [3.05, 3.63) is 69.2 Å². The molecular formula is C19H17FN6O2S. The number of hydrogen-bond donors (Lipinski definition) is 2. The number of fused-ring (bicyclic) bond motifs is 3. The molecule has 0 bridgehead atoms. The molecule has 0 aliphatic rings. The summed E-state index contributed by atoms with van der Waals surface area (Å²) in [6, 6.07) is 7.58. The maximum absolute atomic E-state index is 13.7. The molecule has 0 saturated carbocycles. The fourth-order valence-corrected chi connectivity index (χ4v) is 3.44. The molecule has 1 amide bonds. The highest BCUT2D eigenvalue weighted by molar-refractivity contribution is 7.71. The van der Waals surface area contributed by atoms with Crippen LogP contribution in [0.5, 0.6) is 0 Å². The standard InChI is InChI=1S/C19H17FN6O2S/c20-13-4-5-15-14(10-13)17(28)25(18-23-24-19(29)26(15)18)8-2-7-22-16(27)9-12-3-1-6-21-11-12/h1,3-6,10-11H,2,7-9H2,(H,22,27)(H,24,29). The normalized spacial score (nSPS) is 11.2. The van der Waals surface area contributed by atoms with E-state index in [-0.39, 0.29) is 23.3 Å². The van der Waals surface area contributed by atoms with Crippen molar-refractivity contribution in [1.82, 2.24) is 29.5 Å². The van der Waals surface area contributed by atoms with Crippen LogP contribution >= 0.6 is 12.2 Å². The van der Waals surface area contributed by atoms with Crippen molar-refractivity contribution in [3.63, 3.8) is 0 Å². The summed E-state index contributed by atoms with van der Waals surface area (Å²) in [6.07, 6.45) is 4.03. The van der Waals surface area contributed by atoms with Gasteiger partial charge in [-0.25, -0.2) is 9.49 Å². The van der Waals surface area contributed by atoms with Crippen molar-refractivity contribution >= 4 is 34.8 Å². The number of aromatic amines is 1. The molecule has 0 atom stereocenters. The third-order valence-corrected chi connectivity index (χ3v) is 4.81. The fourth-order valence-electron chi connectivity index (χ4n) is 3.21. The third-order valence-electron chi connectivity index (χ3n) is 4.54. The van der Waals surface area contributed by atoms with Gasteiger partial charge in [-0.15, -0.1) is 5.10 Å². The number of pyridine rings is 1. The van der Waals surface area contributed by atoms with Gasteiger partial charge in [0.25, 0.3) is 5.56 Å². The number of carbonyl (C=O) groups is 1. The Labute approximate surface area is 169 Å². The van der Waals surface area contributed by atoms with Crippen LogP contribution in [0.3, 0.4) is 0 Å². The second-order valence-corrected chi connectivity index (χ2v) is 6.91. The Bertz CT molecular complexity index is 1310. The molecule has 29 heavy (non-hydrogen) atoms. The first kappa shape index (κ1) is 18.9. The Morgan fingerprint density at radius 3 is 2.97 bits per heavy atom. The molecule has 8 nitrogen and oxygen atoms in total. The number of H-pyrrole nitrogens is 1. The van der Waals surface area contributed by atoms with E-state index in [1.54, 1.807) is 22.9 Å². The lowest BCUT2D eigenvalue weighted by Gasteiger charge is -2.11. The second-order valence-electron chi connectivity index (χ2n) is 6.52. The second kappa shape index (κ2) is 7.92. The SMILES string of the molecule is O=C(Cc1cccnc1)NCCCn1c(=O)c2cc(F)ccc2n2c(=S)[nH]nc12. The zero-order valence-corrected chi connectivity index (χ0v) is 16.1. The van der Waals surface area contributed by atoms with Crippen LogP contribution in [0.25, 0.3) is 16.7 Å². The number of benzene rings is 1. The van der Waals surface area contributed by atoms with Crippen LogP contribution < -0.4 is 10.9 Å². The van der Waals surface area contributed by atoms with Crippen LogP contribution in [0.15, 0.2) is 47.5 Å². The van der Waals surface area contributed by atoms with E-state index in [9.17, 15) is 14.0 Å². The fraction of sp³-hybridized carbons (Fsp3) is 0.211. The van der Waals surface area contributed by atoms with E-state index in [0.717, 1.165) is 5.56 Å². The molecule has 0 spiro atoms. The van der Waals surface area contributed by atoms with Crippen LogP contribution in [0.2, 0.25) is 0 Å². The molecule has 0 unspecified atom stereocenters. The lowest BCUT2D eigenvalue weighted by atomic mass is 10.2. The summed E-state index contributed by atoms with van der Waals surface area (Å²) >= 11 is 5.26. The third kappa shape index (κ3) is 3.79. The zero-order valence-electron chi connectivity index (χ0n) is 15.3. The maximum atomic E-state index is 13.7. The largest absolute Gasteiger partial charge is 0.356 e. The molecule has 2 N–H and O–H groups in total. The Hall–Kier alpha value is -3.40. The summed E-state index contributed by atoms with van der Waals surface area (Å²) in [4.78, 5) is 28.9. The van der Waals surface area contributed by atoms with Crippen molar-refractivity contribution in [2.24, 2.45) is 0 Å². The number of nitrogens with zero attached hydrogens (tertiary/aromatic N) is 4. The van der Waals surface area contributed by atoms with Crippen molar-refractivity contribution in [2.75, 3.05) is 6.54 Å². The number of rotatable bonds is 6. The van der Waals surface area contributed by atoms with Gasteiger partial charge in [0, 0.05) is 25.5 Å². The molecule has 0 radical (unpaired) electrons. The van der Waals surface area contributed by atoms with Crippen LogP contribution in [-0.2, 0) is 17.8 Å². The predicted octanol–water partition coefficient (Wildman–Crippen LogP) is 1.99. The highest BCUT2D eigenvalue weighted by Crippen LogP contribution is 2.15. The van der Waals surface area contributed by atoms with E-state index in [1.165, 1.54) is 22.8 Å². The molecule has 0 aliphatic heterocycles. The van der Waals surface area contributed by atoms with Gasteiger partial charge in [-0.05, 0) is 48.5 Å². The summed E-state index contributed by atoms with van der Waals surface area (Å²) in [6.45, 7) is 0.672. The van der Waals surface area contributed by atoms with Gasteiger partial charge in [-0.3, -0.25) is 23.5 Å². The van der Waals surface area contributed by atoms with Gasteiger partial charge in [0.1, 0.15) is 5.82 Å². The molecule has 148 valence electrons. The lowest BCUT2D eigenvalue weighted by Crippen LogP contribution is -2.29. The van der Waals surface area contributed by atoms with Crippen LogP contribution in [0, 0.1) is 10.6 Å². The molecule has 4 aromatic rings. The van der Waals surface area contributed by atoms with E-state index >= 15 is 0 Å². The van der Waals surface area contributed by atoms with E-state index in [1.807, 2.05) is 6.07 Å². The Kier molecular flexibility index (Phi) is 5.17. The molecule has 10 heteroatoms. The zero-order chi connectivity index (χ0) is 20.4. The first-order chi connectivity index (χ1) is 14.0. The molecule has 0 aliphatic carbocycles. The average molecular weight is 412 g/mol. The van der Waals surface area contributed by atoms with Gasteiger partial charge < -0.3 is 5.32 Å². The number of amides is 1. The highest BCUT2D eigenvalue weighted by atomic mass is 32.1. The van der Waals surface area contributed by atoms with Gasteiger partial charge in [0.2, 0.25) is 16.5 Å². The number of hydrogen-bond acceptors (Lipinski definition) is 5. The minimum absolute atomic E-state index is 0.127. The van der Waals surface area contributed by atoms with E-state index in [4.69, 9.17) is 12.2 Å². The van der Waals surface area contributed by atoms with E-state index in [2.05, 4.69) is 20.5 Å². The number of aryl methyl sites for hydroxylation is 1. The predicted molar refractivity (Wildman–Crippen MR) is 108 cm³/mol. The first-order valence-corrected chi connectivity index (χ1v) is 9.40. The van der Waals surface area contributed by atoms with Gasteiger partial charge in [-0.1, -0.05) is 6.07 Å². The van der Waals surface area contributed by atoms with Crippen LogP contribution in [0.1, 0.15) is 12.0 Å². The minimum atomic E-state index is -0.502. The monoisotopic (exact) mass is 412 g/mol. The summed E-state index contributed by atoms with van der Waals surface area (Å²) < 4.78 is 17.0. The maximum Gasteiger partial charge on any atom is 0.262 e. The molecule has 0 fully saturated rings. The number of halogens is 1. The van der Waals surface area contributed by atoms with Crippen molar-refractivity contribution < 1.29 is 9.18 Å². The van der Waals surface area contributed by atoms with Crippen LogP contribution in [-0.4, -0.2) is 36.6 Å². The molecule has 0 saturated heterocycles. The smallest absolute Gasteiger partial charge is 0.262 e. The summed E-state index contributed by atoms with van der Waals surface area (Å²) in [5.41, 5.74) is 0.958. The Balaban J connectivity index is 1.52. The minimum Gasteiger partial charge on any atom is -0.356 e. The quantitative estimate of drug-likeness (QED) is 0.373. The molecule has 3 heterocycles. The summed E-state index contributed by atoms with van der Waals surface area (Å²) in [5, 5.41) is 9.86. The van der Waals surface area contributed by atoms with Crippen molar-refractivity contribution in [2.45, 2.75) is 19.4 Å². The molecule has 3 aromatic heterocycles. The highest BCUT2D eigenvalue weighted by Gasteiger charge is 2.14. The van der Waals surface area contributed by atoms with Gasteiger partial charge >= 0.3 is 0 Å².